The molecule has 0 aliphatic heterocycles. The van der Waals surface area contributed by atoms with Crippen LogP contribution in [0.2, 0.25) is 5.02 Å². The van der Waals surface area contributed by atoms with Gasteiger partial charge in [0.25, 0.3) is 0 Å². The van der Waals surface area contributed by atoms with Gasteiger partial charge in [-0.25, -0.2) is 4.39 Å². The minimum absolute atomic E-state index is 0.296. The van der Waals surface area contributed by atoms with Gasteiger partial charge in [0.1, 0.15) is 11.6 Å². The molecular formula is C10H9ClFN3. The van der Waals surface area contributed by atoms with Crippen LogP contribution < -0.4 is 5.73 Å². The summed E-state index contributed by atoms with van der Waals surface area (Å²) < 4.78 is 15.0. The van der Waals surface area contributed by atoms with Crippen molar-refractivity contribution in [2.75, 3.05) is 5.73 Å². The number of aromatic nitrogens is 2. The van der Waals surface area contributed by atoms with E-state index >= 15 is 0 Å². The fourth-order valence-electron chi connectivity index (χ4n) is 1.39. The van der Waals surface area contributed by atoms with Crippen molar-refractivity contribution in [3.8, 4) is 11.1 Å². The summed E-state index contributed by atoms with van der Waals surface area (Å²) in [6, 6.07) is 4.51. The first kappa shape index (κ1) is 9.98. The average Bonchev–Trinajstić information content (AvgIpc) is 2.49. The predicted molar refractivity (Wildman–Crippen MR) is 58.0 cm³/mol. The van der Waals surface area contributed by atoms with Gasteiger partial charge >= 0.3 is 0 Å². The van der Waals surface area contributed by atoms with Gasteiger partial charge in [-0.15, -0.1) is 0 Å². The second-order valence-corrected chi connectivity index (χ2v) is 3.57. The number of aryl methyl sites for hydroxylation is 1. The molecule has 0 fully saturated rings. The third-order valence-corrected chi connectivity index (χ3v) is 2.53. The van der Waals surface area contributed by atoms with Gasteiger partial charge in [-0.3, -0.25) is 4.68 Å². The van der Waals surface area contributed by atoms with Crippen molar-refractivity contribution in [1.82, 2.24) is 9.78 Å². The van der Waals surface area contributed by atoms with E-state index in [9.17, 15) is 4.39 Å². The maximum Gasteiger partial charge on any atom is 0.132 e. The molecule has 0 saturated heterocycles. The van der Waals surface area contributed by atoms with E-state index in [2.05, 4.69) is 5.10 Å². The Morgan fingerprint density at radius 1 is 1.47 bits per heavy atom. The van der Waals surface area contributed by atoms with Gasteiger partial charge in [-0.05, 0) is 12.1 Å². The zero-order valence-corrected chi connectivity index (χ0v) is 8.79. The Bertz CT molecular complexity index is 487. The number of anilines is 1. The van der Waals surface area contributed by atoms with E-state index in [1.165, 1.54) is 16.9 Å². The second kappa shape index (κ2) is 3.55. The van der Waals surface area contributed by atoms with Gasteiger partial charge in [0.15, 0.2) is 0 Å². The quantitative estimate of drug-likeness (QED) is 0.810. The van der Waals surface area contributed by atoms with Crippen LogP contribution in [0.25, 0.3) is 11.1 Å². The summed E-state index contributed by atoms with van der Waals surface area (Å²) in [4.78, 5) is 0. The molecule has 0 bridgehead atoms. The molecule has 2 rings (SSSR count). The van der Waals surface area contributed by atoms with E-state index in [0.717, 1.165) is 0 Å². The average molecular weight is 226 g/mol. The van der Waals surface area contributed by atoms with Crippen molar-refractivity contribution in [3.63, 3.8) is 0 Å². The predicted octanol–water partition coefficient (Wildman–Crippen LogP) is 2.46. The van der Waals surface area contributed by atoms with Crippen molar-refractivity contribution >= 4 is 17.4 Å². The standard InChI is InChI=1S/C10H9ClFN3/c1-15-10(13)6(5-14-15)9-7(11)3-2-4-8(9)12/h2-5H,13H2,1H3. The van der Waals surface area contributed by atoms with Gasteiger partial charge in [-0.1, -0.05) is 17.7 Å². The molecule has 0 radical (unpaired) electrons. The van der Waals surface area contributed by atoms with Crippen molar-refractivity contribution in [2.45, 2.75) is 0 Å². The molecule has 0 aliphatic carbocycles. The van der Waals surface area contributed by atoms with Crippen LogP contribution in [0.1, 0.15) is 0 Å². The van der Waals surface area contributed by atoms with Gasteiger partial charge in [0.05, 0.1) is 11.2 Å². The Hall–Kier alpha value is -1.55. The summed E-state index contributed by atoms with van der Waals surface area (Å²) >= 11 is 5.91. The van der Waals surface area contributed by atoms with Crippen molar-refractivity contribution in [3.05, 3.63) is 35.2 Å². The van der Waals surface area contributed by atoms with Crippen LogP contribution in [0, 0.1) is 5.82 Å². The first-order chi connectivity index (χ1) is 7.11. The fourth-order valence-corrected chi connectivity index (χ4v) is 1.66. The number of rotatable bonds is 1. The number of benzene rings is 1. The molecule has 0 atom stereocenters. The molecule has 15 heavy (non-hydrogen) atoms. The van der Waals surface area contributed by atoms with Gasteiger partial charge < -0.3 is 5.73 Å². The monoisotopic (exact) mass is 225 g/mol. The molecule has 3 nitrogen and oxygen atoms in total. The SMILES string of the molecule is Cn1ncc(-c2c(F)cccc2Cl)c1N. The molecule has 2 N–H and O–H groups in total. The summed E-state index contributed by atoms with van der Waals surface area (Å²) in [6.07, 6.45) is 1.50. The Labute approximate surface area is 91.3 Å². The maximum atomic E-state index is 13.5. The first-order valence-corrected chi connectivity index (χ1v) is 4.71. The van der Waals surface area contributed by atoms with Crippen LogP contribution in [0.15, 0.2) is 24.4 Å². The molecule has 0 amide bonds. The first-order valence-electron chi connectivity index (χ1n) is 4.33. The van der Waals surface area contributed by atoms with E-state index in [0.29, 0.717) is 22.0 Å². The third kappa shape index (κ3) is 1.57. The molecule has 5 heteroatoms. The highest BCUT2D eigenvalue weighted by atomic mass is 35.5. The van der Waals surface area contributed by atoms with E-state index in [4.69, 9.17) is 17.3 Å². The molecule has 1 aromatic carbocycles. The van der Waals surface area contributed by atoms with Crippen LogP contribution in [-0.4, -0.2) is 9.78 Å². The largest absolute Gasteiger partial charge is 0.383 e. The minimum Gasteiger partial charge on any atom is -0.383 e. The number of nitrogens with two attached hydrogens (primary N) is 1. The maximum absolute atomic E-state index is 13.5. The smallest absolute Gasteiger partial charge is 0.132 e. The number of halogens is 2. The van der Waals surface area contributed by atoms with Crippen molar-refractivity contribution < 1.29 is 4.39 Å². The zero-order chi connectivity index (χ0) is 11.0. The number of hydrogen-bond acceptors (Lipinski definition) is 2. The Morgan fingerprint density at radius 3 is 2.73 bits per heavy atom. The molecule has 2 aromatic rings. The molecule has 1 aromatic heterocycles. The lowest BCUT2D eigenvalue weighted by Gasteiger charge is -2.04. The summed E-state index contributed by atoms with van der Waals surface area (Å²) in [5.74, 6) is -0.01000. The fraction of sp³-hybridized carbons (Fsp3) is 0.100. The van der Waals surface area contributed by atoms with Gasteiger partial charge in [0, 0.05) is 18.2 Å². The molecular weight excluding hydrogens is 217 g/mol. The summed E-state index contributed by atoms with van der Waals surface area (Å²) in [5.41, 5.74) is 6.56. The minimum atomic E-state index is -0.401. The summed E-state index contributed by atoms with van der Waals surface area (Å²) in [5, 5.41) is 4.27. The van der Waals surface area contributed by atoms with E-state index < -0.39 is 5.82 Å². The lowest BCUT2D eigenvalue weighted by molar-refractivity contribution is 0.631. The molecule has 0 unspecified atom stereocenters. The van der Waals surface area contributed by atoms with Gasteiger partial charge in [-0.2, -0.15) is 5.10 Å². The van der Waals surface area contributed by atoms with Crippen LogP contribution in [0.3, 0.4) is 0 Å². The molecule has 0 spiro atoms. The van der Waals surface area contributed by atoms with Crippen molar-refractivity contribution in [2.24, 2.45) is 7.05 Å². The Morgan fingerprint density at radius 2 is 2.20 bits per heavy atom. The van der Waals surface area contributed by atoms with Crippen LogP contribution in [-0.2, 0) is 7.05 Å². The zero-order valence-electron chi connectivity index (χ0n) is 8.04. The van der Waals surface area contributed by atoms with E-state index in [1.54, 1.807) is 19.2 Å². The second-order valence-electron chi connectivity index (χ2n) is 3.16. The van der Waals surface area contributed by atoms with E-state index in [-0.39, 0.29) is 0 Å². The molecule has 0 aliphatic rings. The Kier molecular flexibility index (Phi) is 2.36. The third-order valence-electron chi connectivity index (χ3n) is 2.22. The van der Waals surface area contributed by atoms with E-state index in [1.807, 2.05) is 0 Å². The highest BCUT2D eigenvalue weighted by Gasteiger charge is 2.14. The number of nitrogen functional groups attached to an aromatic ring is 1. The Balaban J connectivity index is 2.69. The van der Waals surface area contributed by atoms with Crippen LogP contribution >= 0.6 is 11.6 Å². The van der Waals surface area contributed by atoms with Gasteiger partial charge in [0.2, 0.25) is 0 Å². The molecule has 78 valence electrons. The topological polar surface area (TPSA) is 43.8 Å². The lowest BCUT2D eigenvalue weighted by atomic mass is 10.1. The van der Waals surface area contributed by atoms with Crippen LogP contribution in [0.5, 0.6) is 0 Å². The lowest BCUT2D eigenvalue weighted by Crippen LogP contribution is -1.98. The normalized spacial score (nSPS) is 10.6. The summed E-state index contributed by atoms with van der Waals surface area (Å²) in [6.45, 7) is 0. The summed E-state index contributed by atoms with van der Waals surface area (Å²) in [7, 11) is 1.69. The van der Waals surface area contributed by atoms with Crippen molar-refractivity contribution in [1.29, 1.82) is 0 Å². The highest BCUT2D eigenvalue weighted by Crippen LogP contribution is 2.33. The highest BCUT2D eigenvalue weighted by molar-refractivity contribution is 6.33. The number of nitrogens with zero attached hydrogens (tertiary/aromatic N) is 2. The molecule has 1 heterocycles. The molecule has 0 saturated carbocycles. The number of hydrogen-bond donors (Lipinski definition) is 1. The van der Waals surface area contributed by atoms with Crippen LogP contribution in [0.4, 0.5) is 10.2 Å².